The lowest BCUT2D eigenvalue weighted by molar-refractivity contribution is -0.130. The maximum Gasteiger partial charge on any atom is 0.272 e. The third kappa shape index (κ3) is 4.85. The number of piperidine rings is 1. The van der Waals surface area contributed by atoms with Crippen LogP contribution < -0.4 is 10.2 Å². The molecule has 0 bridgehead atoms. The summed E-state index contributed by atoms with van der Waals surface area (Å²) in [6.45, 7) is 7.92. The van der Waals surface area contributed by atoms with Gasteiger partial charge in [0.15, 0.2) is 0 Å². The van der Waals surface area contributed by atoms with Crippen LogP contribution in [0.4, 0.5) is 5.69 Å². The molecule has 5 rings (SSSR count). The van der Waals surface area contributed by atoms with Gasteiger partial charge in [-0.2, -0.15) is 0 Å². The topological polar surface area (TPSA) is 100.0 Å². The van der Waals surface area contributed by atoms with E-state index in [2.05, 4.69) is 16.3 Å². The number of benzene rings is 1. The van der Waals surface area contributed by atoms with Gasteiger partial charge in [0, 0.05) is 61.2 Å². The number of aliphatic hydroxyl groups excluding tert-OH is 1. The number of amides is 2. The minimum absolute atomic E-state index is 0.0141. The minimum Gasteiger partial charge on any atom is -0.393 e. The smallest absolute Gasteiger partial charge is 0.272 e. The molecule has 36 heavy (non-hydrogen) atoms. The van der Waals surface area contributed by atoms with Crippen molar-refractivity contribution in [3.05, 3.63) is 40.1 Å². The zero-order chi connectivity index (χ0) is 25.6. The first-order valence-electron chi connectivity index (χ1n) is 13.1. The van der Waals surface area contributed by atoms with Crippen LogP contribution in [0, 0.1) is 30.1 Å². The van der Waals surface area contributed by atoms with Gasteiger partial charge in [0.25, 0.3) is 5.91 Å². The lowest BCUT2D eigenvalue weighted by atomic mass is 9.95. The molecule has 2 heterocycles. The molecule has 1 aromatic rings. The summed E-state index contributed by atoms with van der Waals surface area (Å²) in [7, 11) is 0. The number of hydrogen-bond donors (Lipinski definition) is 3. The van der Waals surface area contributed by atoms with Gasteiger partial charge in [-0.1, -0.05) is 24.6 Å². The van der Waals surface area contributed by atoms with Crippen LogP contribution in [-0.2, 0) is 9.59 Å². The van der Waals surface area contributed by atoms with Gasteiger partial charge in [-0.15, -0.1) is 0 Å². The van der Waals surface area contributed by atoms with Crippen molar-refractivity contribution in [2.75, 3.05) is 50.7 Å². The first kappa shape index (κ1) is 25.1. The summed E-state index contributed by atoms with van der Waals surface area (Å²) in [5.74, 6) is 0.546. The van der Waals surface area contributed by atoms with E-state index in [-0.39, 0.29) is 42.0 Å². The standard InChI is InChI=1S/C27H36ClN5O3/c1-16-15-33(7-6-23(16)34)27(36)26(29)25-19-12-18(19)13-21(25)30-14-24(35)32-10-8-31(9-11-32)22-5-3-4-20(28)17(22)2/h3-5,16,18-19,23,29-30,34H,6-15H2,1-2H3/t16-,18+,19+,23+/m0/s1. The molecule has 2 aliphatic carbocycles. The quantitative estimate of drug-likeness (QED) is 0.507. The number of carbonyl (C=O) groups is 2. The molecule has 1 saturated carbocycles. The van der Waals surface area contributed by atoms with E-state index in [1.807, 2.05) is 30.9 Å². The SMILES string of the molecule is Cc1c(Cl)cccc1N1CCN(C(=O)CNC2=C(C(=N)C(=O)N3CC[C@@H](O)[C@@H](C)C3)[C@@H]3C[C@@H]3C2)CC1. The number of piperazine rings is 1. The molecule has 4 aliphatic rings. The van der Waals surface area contributed by atoms with Crippen molar-refractivity contribution in [3.63, 3.8) is 0 Å². The number of nitrogens with one attached hydrogen (secondary N) is 2. The van der Waals surface area contributed by atoms with E-state index in [1.54, 1.807) is 4.90 Å². The van der Waals surface area contributed by atoms with Gasteiger partial charge >= 0.3 is 0 Å². The maximum absolute atomic E-state index is 13.1. The molecular weight excluding hydrogens is 478 g/mol. The average molecular weight is 514 g/mol. The van der Waals surface area contributed by atoms with Crippen molar-refractivity contribution < 1.29 is 14.7 Å². The number of anilines is 1. The molecule has 1 aromatic carbocycles. The lowest BCUT2D eigenvalue weighted by Crippen LogP contribution is -2.51. The number of nitrogens with zero attached hydrogens (tertiary/aromatic N) is 3. The molecular formula is C27H36ClN5O3. The van der Waals surface area contributed by atoms with Crippen LogP contribution >= 0.6 is 11.6 Å². The van der Waals surface area contributed by atoms with Crippen molar-refractivity contribution in [1.29, 1.82) is 5.41 Å². The van der Waals surface area contributed by atoms with Crippen LogP contribution in [-0.4, -0.2) is 84.3 Å². The summed E-state index contributed by atoms with van der Waals surface area (Å²) in [5.41, 5.74) is 3.93. The van der Waals surface area contributed by atoms with E-state index in [0.717, 1.165) is 53.5 Å². The predicted octanol–water partition coefficient (Wildman–Crippen LogP) is 2.43. The fourth-order valence-corrected chi connectivity index (χ4v) is 6.12. The first-order chi connectivity index (χ1) is 17.2. The van der Waals surface area contributed by atoms with Gasteiger partial charge in [-0.25, -0.2) is 0 Å². The Morgan fingerprint density at radius 1 is 1.17 bits per heavy atom. The second-order valence-electron chi connectivity index (χ2n) is 10.8. The summed E-state index contributed by atoms with van der Waals surface area (Å²) in [6.07, 6.45) is 1.99. The molecule has 3 fully saturated rings. The molecule has 2 aliphatic heterocycles. The van der Waals surface area contributed by atoms with Gasteiger partial charge in [-0.3, -0.25) is 15.0 Å². The number of likely N-dealkylation sites (tertiary alicyclic amines) is 1. The largest absolute Gasteiger partial charge is 0.393 e. The monoisotopic (exact) mass is 513 g/mol. The van der Waals surface area contributed by atoms with Crippen LogP contribution in [0.15, 0.2) is 29.5 Å². The van der Waals surface area contributed by atoms with E-state index < -0.39 is 0 Å². The third-order valence-corrected chi connectivity index (χ3v) is 8.79. The van der Waals surface area contributed by atoms with Gasteiger partial charge in [0.2, 0.25) is 5.91 Å². The molecule has 194 valence electrons. The highest BCUT2D eigenvalue weighted by Crippen LogP contribution is 2.54. The van der Waals surface area contributed by atoms with Crippen molar-refractivity contribution in [3.8, 4) is 0 Å². The Labute approximate surface area is 217 Å². The van der Waals surface area contributed by atoms with Gasteiger partial charge < -0.3 is 25.1 Å². The van der Waals surface area contributed by atoms with Crippen molar-refractivity contribution >= 4 is 34.8 Å². The number of allylic oxidation sites excluding steroid dienone is 1. The summed E-state index contributed by atoms with van der Waals surface area (Å²) >= 11 is 6.29. The Hall–Kier alpha value is -2.58. The van der Waals surface area contributed by atoms with E-state index in [9.17, 15) is 14.7 Å². The normalized spacial score (nSPS) is 27.7. The van der Waals surface area contributed by atoms with E-state index >= 15 is 0 Å². The average Bonchev–Trinajstić information content (AvgIpc) is 3.55. The van der Waals surface area contributed by atoms with Crippen LogP contribution in [0.1, 0.15) is 31.7 Å². The van der Waals surface area contributed by atoms with Crippen LogP contribution in [0.25, 0.3) is 0 Å². The van der Waals surface area contributed by atoms with Crippen LogP contribution in [0.2, 0.25) is 5.02 Å². The minimum atomic E-state index is -0.388. The van der Waals surface area contributed by atoms with Gasteiger partial charge in [-0.05, 0) is 61.6 Å². The summed E-state index contributed by atoms with van der Waals surface area (Å²) < 4.78 is 0. The highest BCUT2D eigenvalue weighted by Gasteiger charge is 2.49. The molecule has 3 N–H and O–H groups in total. The Kier molecular flexibility index (Phi) is 7.01. The second kappa shape index (κ2) is 10.1. The molecule has 2 saturated heterocycles. The number of hydrogen-bond acceptors (Lipinski definition) is 6. The predicted molar refractivity (Wildman–Crippen MR) is 140 cm³/mol. The summed E-state index contributed by atoms with van der Waals surface area (Å²) in [5, 5.41) is 22.7. The second-order valence-corrected chi connectivity index (χ2v) is 11.2. The Morgan fingerprint density at radius 3 is 2.64 bits per heavy atom. The Morgan fingerprint density at radius 2 is 1.92 bits per heavy atom. The van der Waals surface area contributed by atoms with Crippen molar-refractivity contribution in [2.45, 2.75) is 39.2 Å². The van der Waals surface area contributed by atoms with E-state index in [4.69, 9.17) is 17.0 Å². The van der Waals surface area contributed by atoms with E-state index in [1.165, 1.54) is 0 Å². The van der Waals surface area contributed by atoms with Crippen molar-refractivity contribution in [1.82, 2.24) is 15.1 Å². The number of carbonyl (C=O) groups excluding carboxylic acids is 2. The first-order valence-corrected chi connectivity index (χ1v) is 13.4. The fourth-order valence-electron chi connectivity index (χ4n) is 5.95. The molecule has 0 unspecified atom stereocenters. The van der Waals surface area contributed by atoms with Gasteiger partial charge in [0.1, 0.15) is 5.71 Å². The molecule has 0 radical (unpaired) electrons. The maximum atomic E-state index is 13.1. The van der Waals surface area contributed by atoms with Crippen LogP contribution in [0.3, 0.4) is 0 Å². The number of fused-ring (bicyclic) bond motifs is 1. The van der Waals surface area contributed by atoms with Crippen LogP contribution in [0.5, 0.6) is 0 Å². The lowest BCUT2D eigenvalue weighted by Gasteiger charge is -2.37. The Balaban J connectivity index is 1.17. The van der Waals surface area contributed by atoms with E-state index in [0.29, 0.717) is 38.5 Å². The highest BCUT2D eigenvalue weighted by molar-refractivity contribution is 6.44. The number of aliphatic hydroxyl groups is 1. The molecule has 0 aromatic heterocycles. The van der Waals surface area contributed by atoms with Gasteiger partial charge in [0.05, 0.1) is 12.6 Å². The fraction of sp³-hybridized carbons (Fsp3) is 0.593. The molecule has 8 nitrogen and oxygen atoms in total. The molecule has 4 atom stereocenters. The summed E-state index contributed by atoms with van der Waals surface area (Å²) in [6, 6.07) is 5.93. The molecule has 2 amide bonds. The summed E-state index contributed by atoms with van der Waals surface area (Å²) in [4.78, 5) is 31.9. The third-order valence-electron chi connectivity index (χ3n) is 8.38. The highest BCUT2D eigenvalue weighted by atomic mass is 35.5. The number of halogens is 1. The molecule has 0 spiro atoms. The number of rotatable bonds is 6. The zero-order valence-electron chi connectivity index (χ0n) is 21.1. The van der Waals surface area contributed by atoms with Crippen molar-refractivity contribution in [2.24, 2.45) is 17.8 Å². The zero-order valence-corrected chi connectivity index (χ0v) is 21.9. The molecule has 9 heteroatoms. The Bertz CT molecular complexity index is 1100.